The minimum absolute atomic E-state index is 0.112. The number of benzene rings is 1. The van der Waals surface area contributed by atoms with Gasteiger partial charge >= 0.3 is 5.97 Å². The van der Waals surface area contributed by atoms with Gasteiger partial charge < -0.3 is 20.1 Å². The number of rotatable bonds is 15. The van der Waals surface area contributed by atoms with Gasteiger partial charge in [0.25, 0.3) is 5.91 Å². The fraction of sp³-hybridized carbons (Fsp3) is 0.436. The van der Waals surface area contributed by atoms with E-state index in [0.29, 0.717) is 36.7 Å². The summed E-state index contributed by atoms with van der Waals surface area (Å²) in [7, 11) is 0. The highest BCUT2D eigenvalue weighted by Gasteiger charge is 2.38. The number of nitrogens with one attached hydrogen (secondary N) is 1. The largest absolute Gasteiger partial charge is 0.492 e. The smallest absolute Gasteiger partial charge is 0.326 e. The number of carboxylic acids is 1. The van der Waals surface area contributed by atoms with Gasteiger partial charge in [-0.15, -0.1) is 11.3 Å². The zero-order valence-corrected chi connectivity index (χ0v) is 30.2. The highest BCUT2D eigenvalue weighted by molar-refractivity contribution is 7.14. The molecule has 0 unspecified atom stereocenters. The lowest BCUT2D eigenvalue weighted by Gasteiger charge is -2.27. The SMILES string of the molecule is CCCCCCCOc1ccc(-c2cnc(-c3ccc(C[C@H](NC(=O)c4ccc(C(C)(C)C)s4)C(=O)N4CCC[C@H]4C(=O)O)cc3)nc2)nc1. The first-order valence-electron chi connectivity index (χ1n) is 17.5. The first kappa shape index (κ1) is 36.6. The number of thiophene rings is 1. The molecule has 50 heavy (non-hydrogen) atoms. The first-order valence-corrected chi connectivity index (χ1v) is 18.3. The fourth-order valence-electron chi connectivity index (χ4n) is 5.95. The van der Waals surface area contributed by atoms with Gasteiger partial charge in [0, 0.05) is 41.4 Å². The van der Waals surface area contributed by atoms with Crippen LogP contribution in [0.3, 0.4) is 0 Å². The molecule has 0 spiro atoms. The van der Waals surface area contributed by atoms with Crippen molar-refractivity contribution >= 4 is 29.1 Å². The van der Waals surface area contributed by atoms with E-state index in [1.165, 1.54) is 41.9 Å². The summed E-state index contributed by atoms with van der Waals surface area (Å²) in [4.78, 5) is 55.6. The number of aromatic nitrogens is 3. The molecule has 4 aromatic rings. The fourth-order valence-corrected chi connectivity index (χ4v) is 6.91. The molecular formula is C39H47N5O5S. The lowest BCUT2D eigenvalue weighted by Crippen LogP contribution is -2.52. The third-order valence-electron chi connectivity index (χ3n) is 8.85. The Labute approximate surface area is 298 Å². The van der Waals surface area contributed by atoms with Crippen LogP contribution in [0.2, 0.25) is 0 Å². The molecule has 2 N–H and O–H groups in total. The van der Waals surface area contributed by atoms with Gasteiger partial charge in [-0.1, -0.05) is 77.6 Å². The van der Waals surface area contributed by atoms with E-state index >= 15 is 0 Å². The second kappa shape index (κ2) is 16.8. The predicted octanol–water partition coefficient (Wildman–Crippen LogP) is 7.33. The number of amides is 2. The van der Waals surface area contributed by atoms with E-state index in [1.807, 2.05) is 42.5 Å². The number of hydrogen-bond donors (Lipinski definition) is 2. The predicted molar refractivity (Wildman–Crippen MR) is 195 cm³/mol. The van der Waals surface area contributed by atoms with Crippen molar-refractivity contribution in [2.45, 2.75) is 96.6 Å². The van der Waals surface area contributed by atoms with E-state index in [9.17, 15) is 19.5 Å². The lowest BCUT2D eigenvalue weighted by molar-refractivity contribution is -0.148. The Balaban J connectivity index is 1.24. The quantitative estimate of drug-likeness (QED) is 0.123. The summed E-state index contributed by atoms with van der Waals surface area (Å²) in [6, 6.07) is 13.2. The van der Waals surface area contributed by atoms with Crippen molar-refractivity contribution in [3.63, 3.8) is 0 Å². The molecule has 264 valence electrons. The molecule has 1 aromatic carbocycles. The van der Waals surface area contributed by atoms with Crippen molar-refractivity contribution in [1.82, 2.24) is 25.2 Å². The van der Waals surface area contributed by atoms with Gasteiger partial charge in [0.15, 0.2) is 5.82 Å². The number of likely N-dealkylation sites (tertiary alicyclic amines) is 1. The van der Waals surface area contributed by atoms with Crippen LogP contribution >= 0.6 is 11.3 Å². The van der Waals surface area contributed by atoms with Crippen LogP contribution < -0.4 is 10.1 Å². The number of unbranched alkanes of at least 4 members (excludes halogenated alkanes) is 4. The molecule has 5 rings (SSSR count). The van der Waals surface area contributed by atoms with Crippen LogP contribution in [0.4, 0.5) is 0 Å². The molecule has 11 heteroatoms. The average Bonchev–Trinajstić information content (AvgIpc) is 3.82. The Morgan fingerprint density at radius 2 is 1.68 bits per heavy atom. The second-order valence-corrected chi connectivity index (χ2v) is 14.9. The summed E-state index contributed by atoms with van der Waals surface area (Å²) in [6.45, 7) is 9.48. The van der Waals surface area contributed by atoms with E-state index in [2.05, 4.69) is 48.0 Å². The highest BCUT2D eigenvalue weighted by atomic mass is 32.1. The molecule has 3 aromatic heterocycles. The van der Waals surface area contributed by atoms with Gasteiger partial charge in [0.2, 0.25) is 5.91 Å². The van der Waals surface area contributed by atoms with Gasteiger partial charge in [-0.05, 0) is 54.5 Å². The summed E-state index contributed by atoms with van der Waals surface area (Å²) >= 11 is 1.40. The van der Waals surface area contributed by atoms with Crippen LogP contribution in [-0.4, -0.2) is 68.0 Å². The summed E-state index contributed by atoms with van der Waals surface area (Å²) in [5.41, 5.74) is 3.03. The van der Waals surface area contributed by atoms with Crippen molar-refractivity contribution in [2.75, 3.05) is 13.2 Å². The topological polar surface area (TPSA) is 135 Å². The van der Waals surface area contributed by atoms with Crippen molar-refractivity contribution in [3.8, 4) is 28.4 Å². The minimum Gasteiger partial charge on any atom is -0.492 e. The third kappa shape index (κ3) is 9.53. The van der Waals surface area contributed by atoms with Crippen LogP contribution in [0, 0.1) is 0 Å². The molecule has 0 saturated carbocycles. The molecular weight excluding hydrogens is 651 g/mol. The number of carboxylic acid groups (broad SMARTS) is 1. The van der Waals surface area contributed by atoms with Gasteiger partial charge in [-0.2, -0.15) is 0 Å². The van der Waals surface area contributed by atoms with E-state index in [-0.39, 0.29) is 17.7 Å². The molecule has 2 amide bonds. The molecule has 4 heterocycles. The minimum atomic E-state index is -1.03. The Bertz CT molecular complexity index is 1730. The number of aliphatic carboxylic acids is 1. The van der Waals surface area contributed by atoms with Crippen LogP contribution in [0.25, 0.3) is 22.6 Å². The maximum Gasteiger partial charge on any atom is 0.326 e. The number of carbonyl (C=O) groups is 3. The van der Waals surface area contributed by atoms with Crippen LogP contribution in [0.15, 0.2) is 67.1 Å². The maximum atomic E-state index is 13.8. The van der Waals surface area contributed by atoms with E-state index in [1.54, 1.807) is 24.7 Å². The monoisotopic (exact) mass is 697 g/mol. The van der Waals surface area contributed by atoms with Crippen molar-refractivity contribution in [1.29, 1.82) is 0 Å². The zero-order valence-electron chi connectivity index (χ0n) is 29.4. The normalized spacial score (nSPS) is 15.1. The summed E-state index contributed by atoms with van der Waals surface area (Å²) in [5, 5.41) is 12.7. The van der Waals surface area contributed by atoms with Crippen LogP contribution in [0.5, 0.6) is 5.75 Å². The summed E-state index contributed by atoms with van der Waals surface area (Å²) in [6.07, 6.45) is 12.3. The van der Waals surface area contributed by atoms with Crippen LogP contribution in [0.1, 0.15) is 92.8 Å². The van der Waals surface area contributed by atoms with Gasteiger partial charge in [0.1, 0.15) is 17.8 Å². The van der Waals surface area contributed by atoms with Crippen molar-refractivity contribution < 1.29 is 24.2 Å². The Morgan fingerprint density at radius 1 is 0.940 bits per heavy atom. The Hall–Kier alpha value is -4.64. The molecule has 1 fully saturated rings. The molecule has 2 atom stereocenters. The van der Waals surface area contributed by atoms with E-state index in [0.717, 1.165) is 39.4 Å². The number of hydrogen-bond acceptors (Lipinski definition) is 8. The van der Waals surface area contributed by atoms with Gasteiger partial charge in [-0.3, -0.25) is 14.6 Å². The average molecular weight is 698 g/mol. The van der Waals surface area contributed by atoms with Crippen molar-refractivity contribution in [3.05, 3.63) is 82.4 Å². The Morgan fingerprint density at radius 3 is 2.32 bits per heavy atom. The molecule has 1 saturated heterocycles. The molecule has 0 aliphatic carbocycles. The maximum absolute atomic E-state index is 13.8. The molecule has 1 aliphatic rings. The first-order chi connectivity index (χ1) is 24.0. The van der Waals surface area contributed by atoms with E-state index < -0.39 is 24.0 Å². The number of carbonyl (C=O) groups excluding carboxylic acids is 2. The van der Waals surface area contributed by atoms with Crippen LogP contribution in [-0.2, 0) is 21.4 Å². The zero-order chi connectivity index (χ0) is 35.7. The highest BCUT2D eigenvalue weighted by Crippen LogP contribution is 2.30. The lowest BCUT2D eigenvalue weighted by atomic mass is 9.95. The van der Waals surface area contributed by atoms with E-state index in [4.69, 9.17) is 4.74 Å². The number of pyridine rings is 1. The second-order valence-electron chi connectivity index (χ2n) is 13.8. The number of ether oxygens (including phenoxy) is 1. The molecule has 0 bridgehead atoms. The van der Waals surface area contributed by atoms with Gasteiger partial charge in [-0.25, -0.2) is 14.8 Å². The van der Waals surface area contributed by atoms with Gasteiger partial charge in [0.05, 0.1) is 23.4 Å². The summed E-state index contributed by atoms with van der Waals surface area (Å²) in [5.74, 6) is -0.495. The molecule has 10 nitrogen and oxygen atoms in total. The van der Waals surface area contributed by atoms with Crippen molar-refractivity contribution in [2.24, 2.45) is 0 Å². The summed E-state index contributed by atoms with van der Waals surface area (Å²) < 4.78 is 5.83. The number of nitrogens with zero attached hydrogens (tertiary/aromatic N) is 4. The molecule has 0 radical (unpaired) electrons. The standard InChI is InChI=1S/C39H47N5O5S/c1-5-6-7-8-9-21-49-29-16-17-30(40-25-29)28-23-41-35(42-24-28)27-14-12-26(13-15-27)22-31(37(46)44-20-10-11-32(44)38(47)48)43-36(45)33-18-19-34(50-33)39(2,3)4/h12-19,23-25,31-32H,5-11,20-22H2,1-4H3,(H,43,45)(H,47,48)/t31-,32-/m0/s1. The Kier molecular flexibility index (Phi) is 12.3. The molecule has 1 aliphatic heterocycles. The third-order valence-corrected chi connectivity index (χ3v) is 10.4.